The molecule has 0 N–H and O–H groups in total. The maximum Gasteiger partial charge on any atom is 0.143 e. The lowest BCUT2D eigenvalue weighted by atomic mass is 10.0. The summed E-state index contributed by atoms with van der Waals surface area (Å²) < 4.78 is 8.70. The number of para-hydroxylation sites is 3. The van der Waals surface area contributed by atoms with Gasteiger partial charge in [0.1, 0.15) is 11.2 Å². The van der Waals surface area contributed by atoms with E-state index in [1.54, 1.807) is 0 Å². The minimum atomic E-state index is 0.405. The fourth-order valence-electron chi connectivity index (χ4n) is 4.70. The minimum Gasteiger partial charge on any atom is -0.455 e. The molecule has 6 aromatic rings. The molecule has 29 heavy (non-hydrogen) atoms. The van der Waals surface area contributed by atoms with Crippen LogP contribution in [0.25, 0.3) is 54.9 Å². The van der Waals surface area contributed by atoms with Crippen molar-refractivity contribution in [3.8, 4) is 11.1 Å². The monoisotopic (exact) mass is 375 g/mol. The Morgan fingerprint density at radius 1 is 0.655 bits per heavy atom. The molecule has 2 aromatic heterocycles. The maximum absolute atomic E-state index is 6.28. The Hall–Kier alpha value is -3.52. The lowest BCUT2D eigenvalue weighted by Gasteiger charge is -2.11. The van der Waals surface area contributed by atoms with E-state index in [0.29, 0.717) is 6.04 Å². The fraction of sp³-hybridized carbons (Fsp3) is 0.111. The summed E-state index contributed by atoms with van der Waals surface area (Å²) in [6.45, 7) is 4.49. The number of nitrogens with zero attached hydrogens (tertiary/aromatic N) is 1. The second-order valence-corrected chi connectivity index (χ2v) is 7.99. The summed E-state index contributed by atoms with van der Waals surface area (Å²) in [5.74, 6) is 0. The van der Waals surface area contributed by atoms with Crippen molar-refractivity contribution in [3.63, 3.8) is 0 Å². The van der Waals surface area contributed by atoms with E-state index in [4.69, 9.17) is 4.42 Å². The first-order valence-electron chi connectivity index (χ1n) is 10.2. The summed E-state index contributed by atoms with van der Waals surface area (Å²) in [6.07, 6.45) is 0. The molecule has 0 saturated heterocycles. The van der Waals surface area contributed by atoms with Crippen molar-refractivity contribution in [2.24, 2.45) is 0 Å². The molecule has 0 amide bonds. The van der Waals surface area contributed by atoms with Gasteiger partial charge >= 0.3 is 0 Å². The third-order valence-electron chi connectivity index (χ3n) is 5.94. The van der Waals surface area contributed by atoms with Crippen LogP contribution in [-0.2, 0) is 0 Å². The van der Waals surface area contributed by atoms with Crippen molar-refractivity contribution in [1.29, 1.82) is 0 Å². The molecular weight excluding hydrogens is 354 g/mol. The molecule has 2 heterocycles. The van der Waals surface area contributed by atoms with E-state index < -0.39 is 0 Å². The van der Waals surface area contributed by atoms with Crippen molar-refractivity contribution >= 4 is 43.7 Å². The number of aromatic nitrogens is 1. The maximum atomic E-state index is 6.28. The summed E-state index contributed by atoms with van der Waals surface area (Å²) in [6, 6.07) is 30.6. The van der Waals surface area contributed by atoms with Crippen LogP contribution in [0.3, 0.4) is 0 Å². The van der Waals surface area contributed by atoms with Crippen molar-refractivity contribution in [3.05, 3.63) is 84.9 Å². The Morgan fingerprint density at radius 2 is 1.38 bits per heavy atom. The van der Waals surface area contributed by atoms with Crippen molar-refractivity contribution in [2.45, 2.75) is 19.9 Å². The van der Waals surface area contributed by atoms with E-state index in [1.165, 1.54) is 38.1 Å². The highest BCUT2D eigenvalue weighted by atomic mass is 16.3. The number of hydrogen-bond acceptors (Lipinski definition) is 1. The lowest BCUT2D eigenvalue weighted by molar-refractivity contribution is 0.642. The molecule has 0 atom stereocenters. The van der Waals surface area contributed by atoms with Crippen LogP contribution in [0, 0.1) is 0 Å². The van der Waals surface area contributed by atoms with E-state index in [1.807, 2.05) is 12.1 Å². The molecule has 0 spiro atoms. The van der Waals surface area contributed by atoms with Crippen LogP contribution in [0.2, 0.25) is 0 Å². The zero-order valence-electron chi connectivity index (χ0n) is 16.5. The zero-order chi connectivity index (χ0) is 19.5. The number of fused-ring (bicyclic) bond motifs is 6. The molecule has 140 valence electrons. The summed E-state index contributed by atoms with van der Waals surface area (Å²) in [4.78, 5) is 0. The van der Waals surface area contributed by atoms with Gasteiger partial charge in [-0.05, 0) is 43.7 Å². The third kappa shape index (κ3) is 2.29. The molecule has 6 rings (SSSR count). The molecule has 0 aliphatic heterocycles. The van der Waals surface area contributed by atoms with Gasteiger partial charge in [0, 0.05) is 44.2 Å². The van der Waals surface area contributed by atoms with Gasteiger partial charge in [-0.2, -0.15) is 0 Å². The largest absolute Gasteiger partial charge is 0.455 e. The van der Waals surface area contributed by atoms with E-state index in [9.17, 15) is 0 Å². The van der Waals surface area contributed by atoms with Gasteiger partial charge in [0.2, 0.25) is 0 Å². The molecule has 2 nitrogen and oxygen atoms in total. The molecule has 0 bridgehead atoms. The molecular formula is C27H21NO. The molecule has 0 saturated carbocycles. The van der Waals surface area contributed by atoms with Gasteiger partial charge in [0.15, 0.2) is 0 Å². The molecule has 2 heteroatoms. The van der Waals surface area contributed by atoms with E-state index >= 15 is 0 Å². The predicted octanol–water partition coefficient (Wildman–Crippen LogP) is 7.94. The summed E-state index contributed by atoms with van der Waals surface area (Å²) in [5, 5.41) is 4.93. The Balaban J connectivity index is 1.68. The fourth-order valence-corrected chi connectivity index (χ4v) is 4.70. The third-order valence-corrected chi connectivity index (χ3v) is 5.94. The van der Waals surface area contributed by atoms with Gasteiger partial charge in [-0.3, -0.25) is 0 Å². The lowest BCUT2D eigenvalue weighted by Crippen LogP contribution is -1.99. The van der Waals surface area contributed by atoms with Gasteiger partial charge in [0.05, 0.1) is 0 Å². The van der Waals surface area contributed by atoms with E-state index in [0.717, 1.165) is 16.7 Å². The first kappa shape index (κ1) is 16.4. The Labute approximate surface area is 169 Å². The van der Waals surface area contributed by atoms with Crippen LogP contribution < -0.4 is 0 Å². The van der Waals surface area contributed by atoms with Crippen LogP contribution >= 0.6 is 0 Å². The number of furan rings is 1. The molecule has 0 aliphatic carbocycles. The van der Waals surface area contributed by atoms with Crippen molar-refractivity contribution < 1.29 is 4.42 Å². The molecule has 0 unspecified atom stereocenters. The summed E-state index contributed by atoms with van der Waals surface area (Å²) in [5.41, 5.74) is 6.79. The molecule has 4 aromatic carbocycles. The summed E-state index contributed by atoms with van der Waals surface area (Å²) >= 11 is 0. The highest BCUT2D eigenvalue weighted by molar-refractivity contribution is 6.12. The van der Waals surface area contributed by atoms with Crippen molar-refractivity contribution in [1.82, 2.24) is 4.57 Å². The van der Waals surface area contributed by atoms with Crippen LogP contribution in [0.5, 0.6) is 0 Å². The van der Waals surface area contributed by atoms with Crippen molar-refractivity contribution in [2.75, 3.05) is 0 Å². The van der Waals surface area contributed by atoms with Gasteiger partial charge in [-0.1, -0.05) is 60.7 Å². The van der Waals surface area contributed by atoms with E-state index in [-0.39, 0.29) is 0 Å². The predicted molar refractivity (Wildman–Crippen MR) is 123 cm³/mol. The van der Waals surface area contributed by atoms with Gasteiger partial charge in [0.25, 0.3) is 0 Å². The van der Waals surface area contributed by atoms with Crippen LogP contribution in [-0.4, -0.2) is 4.57 Å². The Morgan fingerprint density at radius 3 is 2.24 bits per heavy atom. The second kappa shape index (κ2) is 5.99. The second-order valence-electron chi connectivity index (χ2n) is 7.99. The number of rotatable bonds is 2. The van der Waals surface area contributed by atoms with E-state index in [2.05, 4.69) is 91.2 Å². The highest BCUT2D eigenvalue weighted by Gasteiger charge is 2.16. The Bertz CT molecular complexity index is 1530. The first-order valence-corrected chi connectivity index (χ1v) is 10.2. The van der Waals surface area contributed by atoms with Crippen LogP contribution in [0.15, 0.2) is 89.3 Å². The SMILES string of the molecule is CC(C)n1c2ccccc2c2cc(-c3cccc4c3oc3ccccc34)ccc21. The molecule has 0 aliphatic rings. The smallest absolute Gasteiger partial charge is 0.143 e. The van der Waals surface area contributed by atoms with Gasteiger partial charge in [-0.25, -0.2) is 0 Å². The van der Waals surface area contributed by atoms with Gasteiger partial charge < -0.3 is 8.98 Å². The summed E-state index contributed by atoms with van der Waals surface area (Å²) in [7, 11) is 0. The average Bonchev–Trinajstić information content (AvgIpc) is 3.29. The quantitative estimate of drug-likeness (QED) is 0.300. The minimum absolute atomic E-state index is 0.405. The number of benzene rings is 4. The molecule has 0 radical (unpaired) electrons. The Kier molecular flexibility index (Phi) is 3.39. The molecule has 0 fully saturated rings. The first-order chi connectivity index (χ1) is 14.2. The average molecular weight is 375 g/mol. The van der Waals surface area contributed by atoms with Gasteiger partial charge in [-0.15, -0.1) is 0 Å². The van der Waals surface area contributed by atoms with Crippen LogP contribution in [0.4, 0.5) is 0 Å². The topological polar surface area (TPSA) is 18.1 Å². The zero-order valence-corrected chi connectivity index (χ0v) is 16.5. The number of hydrogen-bond donors (Lipinski definition) is 0. The standard InChI is InChI=1S/C27H21NO/c1-17(2)28-24-12-5-3-8-20(24)23-16-18(14-15-25(23)28)19-10-7-11-22-21-9-4-6-13-26(21)29-27(19)22/h3-17H,1-2H3. The normalized spacial score (nSPS) is 12.1. The van der Waals surface area contributed by atoms with Crippen LogP contribution in [0.1, 0.15) is 19.9 Å². The highest BCUT2D eigenvalue weighted by Crippen LogP contribution is 2.39.